The Kier molecular flexibility index (Phi) is 4.08. The summed E-state index contributed by atoms with van der Waals surface area (Å²) >= 11 is 0. The number of ether oxygens (including phenoxy) is 1. The van der Waals surface area contributed by atoms with Crippen LogP contribution < -0.4 is 16.0 Å². The van der Waals surface area contributed by atoms with Crippen molar-refractivity contribution in [1.29, 1.82) is 0 Å². The van der Waals surface area contributed by atoms with Crippen LogP contribution in [-0.2, 0) is 11.2 Å². The molecule has 1 amide bonds. The smallest absolute Gasteiger partial charge is 0.265 e. The SMILES string of the molecule is CC(C)Oc1cncc(-c2ccc3c(c2)C(C(=O)NN)=CC3)n1. The number of nitrogens with zero attached hydrogens (tertiary/aromatic N) is 2. The van der Waals surface area contributed by atoms with E-state index in [9.17, 15) is 4.79 Å². The number of hydrogen-bond acceptors (Lipinski definition) is 5. The van der Waals surface area contributed by atoms with E-state index < -0.39 is 0 Å². The zero-order valence-electron chi connectivity index (χ0n) is 13.0. The fraction of sp³-hybridized carbons (Fsp3) is 0.235. The molecular weight excluding hydrogens is 292 g/mol. The number of aromatic nitrogens is 2. The van der Waals surface area contributed by atoms with Gasteiger partial charge >= 0.3 is 0 Å². The molecule has 3 rings (SSSR count). The summed E-state index contributed by atoms with van der Waals surface area (Å²) in [5.41, 5.74) is 6.32. The van der Waals surface area contributed by atoms with Crippen LogP contribution in [-0.4, -0.2) is 22.0 Å². The van der Waals surface area contributed by atoms with Gasteiger partial charge in [-0.1, -0.05) is 18.2 Å². The summed E-state index contributed by atoms with van der Waals surface area (Å²) < 4.78 is 5.58. The molecule has 0 bridgehead atoms. The Labute approximate surface area is 134 Å². The van der Waals surface area contributed by atoms with Crippen LogP contribution in [0.2, 0.25) is 0 Å². The zero-order chi connectivity index (χ0) is 16.4. The Hall–Kier alpha value is -2.73. The van der Waals surface area contributed by atoms with Gasteiger partial charge in [-0.25, -0.2) is 10.8 Å². The average molecular weight is 310 g/mol. The molecule has 0 spiro atoms. The second-order valence-corrected chi connectivity index (χ2v) is 5.58. The average Bonchev–Trinajstić information content (AvgIpc) is 2.97. The van der Waals surface area contributed by atoms with Crippen molar-refractivity contribution in [3.63, 3.8) is 0 Å². The molecule has 1 aliphatic rings. The van der Waals surface area contributed by atoms with Gasteiger partial charge in [-0.3, -0.25) is 15.2 Å². The molecule has 0 aliphatic heterocycles. The maximum absolute atomic E-state index is 11.8. The molecule has 0 atom stereocenters. The Balaban J connectivity index is 1.97. The number of hydrazine groups is 1. The lowest BCUT2D eigenvalue weighted by Crippen LogP contribution is -2.30. The van der Waals surface area contributed by atoms with Crippen LogP contribution in [0, 0.1) is 0 Å². The highest BCUT2D eigenvalue weighted by atomic mass is 16.5. The molecule has 6 heteroatoms. The Morgan fingerprint density at radius 3 is 2.91 bits per heavy atom. The van der Waals surface area contributed by atoms with E-state index in [-0.39, 0.29) is 12.0 Å². The second kappa shape index (κ2) is 6.18. The number of carbonyl (C=O) groups is 1. The maximum atomic E-state index is 11.8. The predicted molar refractivity (Wildman–Crippen MR) is 87.2 cm³/mol. The number of amides is 1. The van der Waals surface area contributed by atoms with Gasteiger partial charge in [0.25, 0.3) is 5.91 Å². The summed E-state index contributed by atoms with van der Waals surface area (Å²) in [4.78, 5) is 20.5. The molecule has 23 heavy (non-hydrogen) atoms. The third-order valence-electron chi connectivity index (χ3n) is 3.57. The van der Waals surface area contributed by atoms with Gasteiger partial charge in [-0.05, 0) is 37.5 Å². The van der Waals surface area contributed by atoms with E-state index in [4.69, 9.17) is 10.6 Å². The van der Waals surface area contributed by atoms with Gasteiger partial charge in [0.15, 0.2) is 0 Å². The van der Waals surface area contributed by atoms with Crippen molar-refractivity contribution >= 4 is 11.5 Å². The van der Waals surface area contributed by atoms with Crippen LogP contribution in [0.25, 0.3) is 16.8 Å². The molecular formula is C17H18N4O2. The number of nitrogens with one attached hydrogen (secondary N) is 1. The minimum Gasteiger partial charge on any atom is -0.474 e. The first kappa shape index (κ1) is 15.2. The van der Waals surface area contributed by atoms with Crippen LogP contribution in [0.4, 0.5) is 0 Å². The first-order valence-electron chi connectivity index (χ1n) is 7.42. The molecule has 0 saturated heterocycles. The van der Waals surface area contributed by atoms with Gasteiger partial charge in [0.05, 0.1) is 24.2 Å². The molecule has 1 aromatic carbocycles. The van der Waals surface area contributed by atoms with Crippen LogP contribution >= 0.6 is 0 Å². The number of rotatable bonds is 4. The van der Waals surface area contributed by atoms with Crippen molar-refractivity contribution in [1.82, 2.24) is 15.4 Å². The van der Waals surface area contributed by atoms with Crippen LogP contribution in [0.1, 0.15) is 25.0 Å². The lowest BCUT2D eigenvalue weighted by molar-refractivity contribution is -0.115. The van der Waals surface area contributed by atoms with Gasteiger partial charge < -0.3 is 4.74 Å². The largest absolute Gasteiger partial charge is 0.474 e. The molecule has 1 aromatic heterocycles. The Morgan fingerprint density at radius 1 is 1.35 bits per heavy atom. The van der Waals surface area contributed by atoms with E-state index in [0.29, 0.717) is 17.1 Å². The van der Waals surface area contributed by atoms with Crippen molar-refractivity contribution in [2.75, 3.05) is 0 Å². The quantitative estimate of drug-likeness (QED) is 0.511. The molecule has 6 nitrogen and oxygen atoms in total. The van der Waals surface area contributed by atoms with Crippen LogP contribution in [0.15, 0.2) is 36.7 Å². The lowest BCUT2D eigenvalue weighted by Gasteiger charge is -2.10. The molecule has 1 heterocycles. The van der Waals surface area contributed by atoms with E-state index in [2.05, 4.69) is 15.4 Å². The Morgan fingerprint density at radius 2 is 2.17 bits per heavy atom. The summed E-state index contributed by atoms with van der Waals surface area (Å²) in [7, 11) is 0. The topological polar surface area (TPSA) is 90.1 Å². The van der Waals surface area contributed by atoms with Crippen LogP contribution in [0.3, 0.4) is 0 Å². The lowest BCUT2D eigenvalue weighted by atomic mass is 10.0. The van der Waals surface area contributed by atoms with Gasteiger partial charge in [-0.15, -0.1) is 0 Å². The molecule has 0 fully saturated rings. The first-order valence-corrected chi connectivity index (χ1v) is 7.42. The minimum atomic E-state index is -0.288. The normalized spacial score (nSPS) is 12.8. The number of fused-ring (bicyclic) bond motifs is 1. The maximum Gasteiger partial charge on any atom is 0.265 e. The summed E-state index contributed by atoms with van der Waals surface area (Å²) in [5, 5.41) is 0. The molecule has 1 aliphatic carbocycles. The molecule has 0 unspecified atom stereocenters. The van der Waals surface area contributed by atoms with E-state index in [0.717, 1.165) is 23.1 Å². The van der Waals surface area contributed by atoms with Crippen molar-refractivity contribution in [3.8, 4) is 17.1 Å². The van der Waals surface area contributed by atoms with Gasteiger partial charge in [0.2, 0.25) is 5.88 Å². The highest BCUT2D eigenvalue weighted by Gasteiger charge is 2.20. The third kappa shape index (κ3) is 3.07. The number of hydrogen-bond donors (Lipinski definition) is 2. The molecule has 3 N–H and O–H groups in total. The van der Waals surface area contributed by atoms with Gasteiger partial charge in [-0.2, -0.15) is 0 Å². The fourth-order valence-electron chi connectivity index (χ4n) is 2.56. The Bertz CT molecular complexity index is 784. The standard InChI is InChI=1S/C17H18N4O2/c1-10(2)23-16-9-19-8-15(20-16)12-4-3-11-5-6-13(14(11)7-12)17(22)21-18/h3-4,6-10H,5,18H2,1-2H3,(H,21,22). The molecule has 2 aromatic rings. The second-order valence-electron chi connectivity index (χ2n) is 5.58. The summed E-state index contributed by atoms with van der Waals surface area (Å²) in [6.45, 7) is 3.87. The van der Waals surface area contributed by atoms with Gasteiger partial charge in [0, 0.05) is 11.1 Å². The van der Waals surface area contributed by atoms with Crippen LogP contribution in [0.5, 0.6) is 5.88 Å². The highest BCUT2D eigenvalue weighted by molar-refractivity contribution is 6.20. The van der Waals surface area contributed by atoms with E-state index >= 15 is 0 Å². The van der Waals surface area contributed by atoms with Crippen molar-refractivity contribution < 1.29 is 9.53 Å². The van der Waals surface area contributed by atoms with E-state index in [1.165, 1.54) is 0 Å². The van der Waals surface area contributed by atoms with E-state index in [1.807, 2.05) is 38.1 Å². The minimum absolute atomic E-state index is 0.0300. The summed E-state index contributed by atoms with van der Waals surface area (Å²) in [6, 6.07) is 5.90. The first-order chi connectivity index (χ1) is 11.1. The number of allylic oxidation sites excluding steroid dienone is 1. The van der Waals surface area contributed by atoms with Gasteiger partial charge in [0.1, 0.15) is 0 Å². The number of carbonyl (C=O) groups excluding carboxylic acids is 1. The zero-order valence-corrected chi connectivity index (χ0v) is 13.0. The number of nitrogens with two attached hydrogens (primary N) is 1. The third-order valence-corrected chi connectivity index (χ3v) is 3.57. The monoisotopic (exact) mass is 310 g/mol. The van der Waals surface area contributed by atoms with Crippen molar-refractivity contribution in [3.05, 3.63) is 47.8 Å². The van der Waals surface area contributed by atoms with E-state index in [1.54, 1.807) is 12.4 Å². The van der Waals surface area contributed by atoms with Crippen molar-refractivity contribution in [2.45, 2.75) is 26.4 Å². The van der Waals surface area contributed by atoms with Crippen molar-refractivity contribution in [2.24, 2.45) is 5.84 Å². The highest BCUT2D eigenvalue weighted by Crippen LogP contribution is 2.31. The fourth-order valence-corrected chi connectivity index (χ4v) is 2.56. The molecule has 118 valence electrons. The number of benzene rings is 1. The summed E-state index contributed by atoms with van der Waals surface area (Å²) in [6.07, 6.45) is 5.89. The summed E-state index contributed by atoms with van der Waals surface area (Å²) in [5.74, 6) is 5.44. The predicted octanol–water partition coefficient (Wildman–Crippen LogP) is 1.86. The molecule has 0 radical (unpaired) electrons. The molecule has 0 saturated carbocycles.